The van der Waals surface area contributed by atoms with Gasteiger partial charge in [0.2, 0.25) is 0 Å². The van der Waals surface area contributed by atoms with E-state index < -0.39 is 0 Å². The van der Waals surface area contributed by atoms with Crippen LogP contribution in [0.15, 0.2) is 30.9 Å². The number of aryl methyl sites for hydroxylation is 1. The second-order valence-corrected chi connectivity index (χ2v) is 4.11. The van der Waals surface area contributed by atoms with Crippen LogP contribution in [-0.2, 0) is 0 Å². The number of nitrogens with one attached hydrogen (secondary N) is 1. The maximum absolute atomic E-state index is 13.7. The summed E-state index contributed by atoms with van der Waals surface area (Å²) in [7, 11) is 0. The number of hydrogen-bond donors (Lipinski definition) is 1. The Morgan fingerprint density at radius 3 is 2.76 bits per heavy atom. The molecule has 0 spiro atoms. The molecule has 0 aliphatic rings. The summed E-state index contributed by atoms with van der Waals surface area (Å²) in [6.45, 7) is 9.54. The Hall–Kier alpha value is -1.64. The number of nitrogens with zero attached hydrogens (tertiary/aromatic N) is 1. The zero-order valence-electron chi connectivity index (χ0n) is 10.6. The molecule has 1 unspecified atom stereocenters. The molecule has 2 nitrogen and oxygen atoms in total. The summed E-state index contributed by atoms with van der Waals surface area (Å²) in [6.07, 6.45) is 8.41. The van der Waals surface area contributed by atoms with Crippen molar-refractivity contribution in [3.63, 3.8) is 0 Å². The minimum atomic E-state index is -0.299. The van der Waals surface area contributed by atoms with Crippen molar-refractivity contribution < 1.29 is 4.39 Å². The van der Waals surface area contributed by atoms with E-state index in [9.17, 15) is 4.39 Å². The van der Waals surface area contributed by atoms with Gasteiger partial charge >= 0.3 is 0 Å². The van der Waals surface area contributed by atoms with Gasteiger partial charge in [-0.2, -0.15) is 5.10 Å². The molecule has 0 radical (unpaired) electrons. The predicted octanol–water partition coefficient (Wildman–Crippen LogP) is 4.03. The SMILES string of the molecule is C=C/C=C(\C=C/C(C)CC)c1n[nH]c(C)c1F. The summed E-state index contributed by atoms with van der Waals surface area (Å²) in [6, 6.07) is 0. The largest absolute Gasteiger partial charge is 0.279 e. The topological polar surface area (TPSA) is 28.7 Å². The number of rotatable bonds is 5. The van der Waals surface area contributed by atoms with Gasteiger partial charge < -0.3 is 0 Å². The standard InChI is InChI=1S/C14H19FN2/c1-5-7-12(9-8-10(3)6-2)14-13(15)11(4)16-17-14/h5,7-10H,1,6H2,2-4H3,(H,16,17)/b9-8-,12-7+. The third-order valence-corrected chi connectivity index (χ3v) is 2.69. The second kappa shape index (κ2) is 6.18. The fourth-order valence-corrected chi connectivity index (χ4v) is 1.35. The summed E-state index contributed by atoms with van der Waals surface area (Å²) in [5.74, 6) is 0.165. The fourth-order valence-electron chi connectivity index (χ4n) is 1.35. The lowest BCUT2D eigenvalue weighted by Gasteiger charge is -2.01. The van der Waals surface area contributed by atoms with Crippen molar-refractivity contribution in [1.29, 1.82) is 0 Å². The van der Waals surface area contributed by atoms with Gasteiger partial charge in [-0.15, -0.1) is 0 Å². The van der Waals surface area contributed by atoms with Crippen LogP contribution in [-0.4, -0.2) is 10.2 Å². The zero-order chi connectivity index (χ0) is 12.8. The van der Waals surface area contributed by atoms with Crippen molar-refractivity contribution in [3.8, 4) is 0 Å². The van der Waals surface area contributed by atoms with E-state index in [0.29, 0.717) is 17.3 Å². The molecule has 1 aromatic rings. The van der Waals surface area contributed by atoms with Crippen molar-refractivity contribution in [2.45, 2.75) is 27.2 Å². The molecule has 17 heavy (non-hydrogen) atoms. The highest BCUT2D eigenvalue weighted by atomic mass is 19.1. The smallest absolute Gasteiger partial charge is 0.171 e. The molecule has 0 aliphatic carbocycles. The number of hydrogen-bond acceptors (Lipinski definition) is 1. The monoisotopic (exact) mass is 234 g/mol. The summed E-state index contributed by atoms with van der Waals surface area (Å²) in [5.41, 5.74) is 1.54. The lowest BCUT2D eigenvalue weighted by molar-refractivity contribution is 0.616. The van der Waals surface area contributed by atoms with Crippen LogP contribution in [0.25, 0.3) is 5.57 Å². The van der Waals surface area contributed by atoms with Gasteiger partial charge in [-0.05, 0) is 12.8 Å². The van der Waals surface area contributed by atoms with E-state index in [1.165, 1.54) is 0 Å². The zero-order valence-corrected chi connectivity index (χ0v) is 10.6. The minimum Gasteiger partial charge on any atom is -0.279 e. The maximum atomic E-state index is 13.7. The van der Waals surface area contributed by atoms with Gasteiger partial charge in [-0.25, -0.2) is 4.39 Å². The van der Waals surface area contributed by atoms with Gasteiger partial charge in [-0.3, -0.25) is 5.10 Å². The van der Waals surface area contributed by atoms with Gasteiger partial charge in [0.15, 0.2) is 5.82 Å². The predicted molar refractivity (Wildman–Crippen MR) is 70.1 cm³/mol. The molecular weight excluding hydrogens is 215 g/mol. The van der Waals surface area contributed by atoms with E-state index in [2.05, 4.69) is 36.7 Å². The molecule has 3 heteroatoms. The Bertz CT molecular complexity index is 441. The summed E-state index contributed by atoms with van der Waals surface area (Å²) >= 11 is 0. The Kier molecular flexibility index (Phi) is 4.88. The number of halogens is 1. The molecule has 1 atom stereocenters. The van der Waals surface area contributed by atoms with Crippen LogP contribution in [0.5, 0.6) is 0 Å². The van der Waals surface area contributed by atoms with Crippen molar-refractivity contribution in [1.82, 2.24) is 10.2 Å². The van der Waals surface area contributed by atoms with Gasteiger partial charge in [0, 0.05) is 5.57 Å². The van der Waals surface area contributed by atoms with Crippen LogP contribution < -0.4 is 0 Å². The lowest BCUT2D eigenvalue weighted by atomic mass is 10.1. The summed E-state index contributed by atoms with van der Waals surface area (Å²) < 4.78 is 13.7. The molecule has 0 amide bonds. The molecule has 1 rings (SSSR count). The van der Waals surface area contributed by atoms with Gasteiger partial charge in [-0.1, -0.05) is 51.2 Å². The molecule has 0 saturated heterocycles. The second-order valence-electron chi connectivity index (χ2n) is 4.11. The Balaban J connectivity index is 3.03. The molecule has 1 N–H and O–H groups in total. The molecule has 1 heterocycles. The molecular formula is C14H19FN2. The molecule has 0 bridgehead atoms. The molecule has 1 aromatic heterocycles. The van der Waals surface area contributed by atoms with Crippen molar-refractivity contribution in [3.05, 3.63) is 48.1 Å². The van der Waals surface area contributed by atoms with E-state index in [0.717, 1.165) is 12.0 Å². The van der Waals surface area contributed by atoms with Crippen LogP contribution in [0.1, 0.15) is 31.7 Å². The van der Waals surface area contributed by atoms with Crippen LogP contribution in [0.3, 0.4) is 0 Å². The van der Waals surface area contributed by atoms with E-state index >= 15 is 0 Å². The van der Waals surface area contributed by atoms with E-state index in [1.54, 1.807) is 19.1 Å². The molecule has 0 saturated carbocycles. The Labute approximate surface area is 102 Å². The maximum Gasteiger partial charge on any atom is 0.171 e. The van der Waals surface area contributed by atoms with Crippen molar-refractivity contribution in [2.75, 3.05) is 0 Å². The van der Waals surface area contributed by atoms with E-state index in [1.807, 2.05) is 6.08 Å². The molecule has 0 aromatic carbocycles. The van der Waals surface area contributed by atoms with Gasteiger partial charge in [0.05, 0.1) is 5.69 Å². The summed E-state index contributed by atoms with van der Waals surface area (Å²) in [5, 5.41) is 6.61. The fraction of sp³-hybridized carbons (Fsp3) is 0.357. The first-order valence-electron chi connectivity index (χ1n) is 5.81. The average Bonchev–Trinajstić information content (AvgIpc) is 2.65. The third-order valence-electron chi connectivity index (χ3n) is 2.69. The first-order chi connectivity index (χ1) is 8.10. The van der Waals surface area contributed by atoms with Crippen molar-refractivity contribution >= 4 is 5.57 Å². The molecule has 0 aliphatic heterocycles. The van der Waals surface area contributed by atoms with Gasteiger partial charge in [0.25, 0.3) is 0 Å². The van der Waals surface area contributed by atoms with Crippen LogP contribution in [0, 0.1) is 18.7 Å². The Morgan fingerprint density at radius 2 is 2.29 bits per heavy atom. The van der Waals surface area contributed by atoms with E-state index in [-0.39, 0.29) is 5.82 Å². The normalized spacial score (nSPS) is 14.2. The molecule has 92 valence electrons. The van der Waals surface area contributed by atoms with E-state index in [4.69, 9.17) is 0 Å². The summed E-state index contributed by atoms with van der Waals surface area (Å²) in [4.78, 5) is 0. The molecule has 0 fully saturated rings. The highest BCUT2D eigenvalue weighted by Gasteiger charge is 2.11. The van der Waals surface area contributed by atoms with Crippen molar-refractivity contribution in [2.24, 2.45) is 5.92 Å². The number of aromatic nitrogens is 2. The number of H-pyrrole nitrogens is 1. The third kappa shape index (κ3) is 3.41. The highest BCUT2D eigenvalue weighted by molar-refractivity contribution is 5.73. The van der Waals surface area contributed by atoms with Crippen LogP contribution in [0.2, 0.25) is 0 Å². The first kappa shape index (κ1) is 13.4. The number of allylic oxidation sites excluding steroid dienone is 5. The first-order valence-corrected chi connectivity index (χ1v) is 5.81. The quantitative estimate of drug-likeness (QED) is 0.765. The minimum absolute atomic E-state index is 0.299. The van der Waals surface area contributed by atoms with Crippen LogP contribution >= 0.6 is 0 Å². The van der Waals surface area contributed by atoms with Gasteiger partial charge in [0.1, 0.15) is 5.69 Å². The Morgan fingerprint density at radius 1 is 1.59 bits per heavy atom. The lowest BCUT2D eigenvalue weighted by Crippen LogP contribution is -1.89. The van der Waals surface area contributed by atoms with Crippen LogP contribution in [0.4, 0.5) is 4.39 Å². The average molecular weight is 234 g/mol. The number of aromatic amines is 1. The highest BCUT2D eigenvalue weighted by Crippen LogP contribution is 2.20.